The first kappa shape index (κ1) is 13.4. The Balaban J connectivity index is 1.64. The van der Waals surface area contributed by atoms with Gasteiger partial charge in [-0.15, -0.1) is 0 Å². The fraction of sp³-hybridized carbons (Fsp3) is 0.357. The van der Waals surface area contributed by atoms with Gasteiger partial charge < -0.3 is 9.64 Å². The Morgan fingerprint density at radius 2 is 2.19 bits per heavy atom. The molecule has 3 rings (SSSR count). The molecule has 1 aliphatic rings. The second kappa shape index (κ2) is 6.25. The summed E-state index contributed by atoms with van der Waals surface area (Å²) >= 11 is 0. The van der Waals surface area contributed by atoms with Crippen molar-refractivity contribution in [1.82, 2.24) is 24.8 Å². The van der Waals surface area contributed by atoms with E-state index in [1.807, 2.05) is 0 Å². The number of hydrogen-bond donors (Lipinski definition) is 0. The van der Waals surface area contributed by atoms with Gasteiger partial charge in [-0.1, -0.05) is 0 Å². The number of hydrogen-bond acceptors (Lipinski definition) is 6. The Kier molecular flexibility index (Phi) is 3.99. The molecule has 1 amide bonds. The minimum absolute atomic E-state index is 0.0609. The third-order valence-corrected chi connectivity index (χ3v) is 3.29. The zero-order chi connectivity index (χ0) is 14.5. The standard InChI is InChI=1S/C14H15N5O2/c20-14(12-8-15-5-6-17-12)19-7-1-2-11(9-19)21-13-3-4-16-10-18-13/h3-6,8,10-11H,1-2,7,9H2. The molecule has 0 aliphatic carbocycles. The molecule has 21 heavy (non-hydrogen) atoms. The van der Waals surface area contributed by atoms with Crippen LogP contribution in [0.25, 0.3) is 0 Å². The number of piperidine rings is 1. The highest BCUT2D eigenvalue weighted by atomic mass is 16.5. The van der Waals surface area contributed by atoms with Crippen LogP contribution in [0.5, 0.6) is 5.88 Å². The molecule has 1 saturated heterocycles. The first-order chi connectivity index (χ1) is 10.3. The first-order valence-corrected chi connectivity index (χ1v) is 6.81. The Morgan fingerprint density at radius 3 is 2.95 bits per heavy atom. The Hall–Kier alpha value is -2.57. The van der Waals surface area contributed by atoms with Crippen LogP contribution in [-0.4, -0.2) is 49.9 Å². The van der Waals surface area contributed by atoms with Gasteiger partial charge >= 0.3 is 0 Å². The van der Waals surface area contributed by atoms with E-state index in [9.17, 15) is 4.79 Å². The quantitative estimate of drug-likeness (QED) is 0.835. The molecule has 1 aliphatic heterocycles. The van der Waals surface area contributed by atoms with Crippen molar-refractivity contribution in [3.8, 4) is 5.88 Å². The lowest BCUT2D eigenvalue weighted by Crippen LogP contribution is -2.44. The van der Waals surface area contributed by atoms with E-state index < -0.39 is 0 Å². The lowest BCUT2D eigenvalue weighted by Gasteiger charge is -2.32. The summed E-state index contributed by atoms with van der Waals surface area (Å²) in [7, 11) is 0. The maximum Gasteiger partial charge on any atom is 0.274 e. The molecule has 1 atom stereocenters. The van der Waals surface area contributed by atoms with E-state index in [2.05, 4.69) is 19.9 Å². The van der Waals surface area contributed by atoms with Crippen LogP contribution in [0.1, 0.15) is 23.3 Å². The van der Waals surface area contributed by atoms with Crippen molar-refractivity contribution in [1.29, 1.82) is 0 Å². The number of rotatable bonds is 3. The number of likely N-dealkylation sites (tertiary alicyclic amines) is 1. The fourth-order valence-electron chi connectivity index (χ4n) is 2.31. The van der Waals surface area contributed by atoms with E-state index in [0.29, 0.717) is 24.7 Å². The topological polar surface area (TPSA) is 81.1 Å². The number of carbonyl (C=O) groups excluding carboxylic acids is 1. The number of amides is 1. The van der Waals surface area contributed by atoms with Crippen LogP contribution in [-0.2, 0) is 0 Å². The average molecular weight is 285 g/mol. The van der Waals surface area contributed by atoms with Gasteiger partial charge in [0.05, 0.1) is 12.7 Å². The molecule has 0 N–H and O–H groups in total. The van der Waals surface area contributed by atoms with Crippen LogP contribution in [0.15, 0.2) is 37.2 Å². The van der Waals surface area contributed by atoms with Gasteiger partial charge in [0.15, 0.2) is 0 Å². The molecule has 1 fully saturated rings. The zero-order valence-corrected chi connectivity index (χ0v) is 11.4. The van der Waals surface area contributed by atoms with Crippen molar-refractivity contribution < 1.29 is 9.53 Å². The second-order valence-electron chi connectivity index (χ2n) is 4.77. The fourth-order valence-corrected chi connectivity index (χ4v) is 2.31. The number of carbonyl (C=O) groups is 1. The molecule has 0 radical (unpaired) electrons. The molecule has 0 aromatic carbocycles. The van der Waals surface area contributed by atoms with Crippen molar-refractivity contribution in [2.45, 2.75) is 18.9 Å². The highest BCUT2D eigenvalue weighted by Gasteiger charge is 2.26. The van der Waals surface area contributed by atoms with E-state index in [0.717, 1.165) is 12.8 Å². The molecule has 0 bridgehead atoms. The molecule has 1 unspecified atom stereocenters. The normalized spacial score (nSPS) is 18.3. The van der Waals surface area contributed by atoms with Gasteiger partial charge in [0.25, 0.3) is 5.91 Å². The van der Waals surface area contributed by atoms with Gasteiger partial charge in [0.2, 0.25) is 5.88 Å². The van der Waals surface area contributed by atoms with Crippen LogP contribution < -0.4 is 4.74 Å². The highest BCUT2D eigenvalue weighted by Crippen LogP contribution is 2.17. The molecule has 2 aromatic rings. The monoisotopic (exact) mass is 285 g/mol. The lowest BCUT2D eigenvalue weighted by molar-refractivity contribution is 0.0522. The van der Waals surface area contributed by atoms with E-state index in [1.165, 1.54) is 18.7 Å². The van der Waals surface area contributed by atoms with Gasteiger partial charge in [-0.25, -0.2) is 15.0 Å². The third-order valence-electron chi connectivity index (χ3n) is 3.29. The summed E-state index contributed by atoms with van der Waals surface area (Å²) in [5.74, 6) is 0.419. The van der Waals surface area contributed by atoms with Gasteiger partial charge in [0.1, 0.15) is 18.1 Å². The van der Waals surface area contributed by atoms with Gasteiger partial charge in [-0.2, -0.15) is 0 Å². The molecule has 108 valence electrons. The van der Waals surface area contributed by atoms with Gasteiger partial charge in [0, 0.05) is 31.2 Å². The number of aromatic nitrogens is 4. The number of nitrogens with zero attached hydrogens (tertiary/aromatic N) is 5. The predicted octanol–water partition coefficient (Wildman–Crippen LogP) is 0.950. The molecule has 7 nitrogen and oxygen atoms in total. The van der Waals surface area contributed by atoms with Crippen LogP contribution in [0.3, 0.4) is 0 Å². The molecule has 2 aromatic heterocycles. The maximum atomic E-state index is 12.3. The number of ether oxygens (including phenoxy) is 1. The molecular weight excluding hydrogens is 270 g/mol. The van der Waals surface area contributed by atoms with Crippen molar-refractivity contribution in [3.63, 3.8) is 0 Å². The molecule has 7 heteroatoms. The first-order valence-electron chi connectivity index (χ1n) is 6.81. The third kappa shape index (κ3) is 3.31. The van der Waals surface area contributed by atoms with Crippen LogP contribution in [0, 0.1) is 0 Å². The minimum Gasteiger partial charge on any atom is -0.472 e. The Morgan fingerprint density at radius 1 is 1.24 bits per heavy atom. The molecular formula is C14H15N5O2. The minimum atomic E-state index is -0.112. The van der Waals surface area contributed by atoms with Crippen molar-refractivity contribution in [2.75, 3.05) is 13.1 Å². The van der Waals surface area contributed by atoms with E-state index in [-0.39, 0.29) is 12.0 Å². The zero-order valence-electron chi connectivity index (χ0n) is 11.4. The van der Waals surface area contributed by atoms with E-state index in [4.69, 9.17) is 4.74 Å². The second-order valence-corrected chi connectivity index (χ2v) is 4.77. The molecule has 0 saturated carbocycles. The van der Waals surface area contributed by atoms with E-state index in [1.54, 1.807) is 23.4 Å². The Labute approximate surface area is 122 Å². The largest absolute Gasteiger partial charge is 0.472 e. The van der Waals surface area contributed by atoms with E-state index >= 15 is 0 Å². The molecule has 3 heterocycles. The van der Waals surface area contributed by atoms with Crippen LogP contribution >= 0.6 is 0 Å². The van der Waals surface area contributed by atoms with Crippen molar-refractivity contribution >= 4 is 5.91 Å². The highest BCUT2D eigenvalue weighted by molar-refractivity contribution is 5.92. The van der Waals surface area contributed by atoms with Crippen LogP contribution in [0.2, 0.25) is 0 Å². The molecule has 0 spiro atoms. The maximum absolute atomic E-state index is 12.3. The SMILES string of the molecule is O=C(c1cnccn1)N1CCCC(Oc2ccncn2)C1. The summed E-state index contributed by atoms with van der Waals surface area (Å²) in [6.45, 7) is 1.23. The smallest absolute Gasteiger partial charge is 0.274 e. The lowest BCUT2D eigenvalue weighted by atomic mass is 10.1. The van der Waals surface area contributed by atoms with Crippen LogP contribution in [0.4, 0.5) is 0 Å². The van der Waals surface area contributed by atoms with Crippen molar-refractivity contribution in [3.05, 3.63) is 42.9 Å². The van der Waals surface area contributed by atoms with Crippen molar-refractivity contribution in [2.24, 2.45) is 0 Å². The summed E-state index contributed by atoms with van der Waals surface area (Å²) in [5, 5.41) is 0. The van der Waals surface area contributed by atoms with Gasteiger partial charge in [-0.05, 0) is 12.8 Å². The summed E-state index contributed by atoms with van der Waals surface area (Å²) in [6.07, 6.45) is 9.36. The predicted molar refractivity (Wildman–Crippen MR) is 73.6 cm³/mol. The van der Waals surface area contributed by atoms with Gasteiger partial charge in [-0.3, -0.25) is 9.78 Å². The average Bonchev–Trinajstić information content (AvgIpc) is 2.56. The summed E-state index contributed by atoms with van der Waals surface area (Å²) in [4.78, 5) is 30.0. The Bertz CT molecular complexity index is 593. The summed E-state index contributed by atoms with van der Waals surface area (Å²) < 4.78 is 5.79. The summed E-state index contributed by atoms with van der Waals surface area (Å²) in [5.41, 5.74) is 0.361. The summed E-state index contributed by atoms with van der Waals surface area (Å²) in [6, 6.07) is 1.71.